The molecular formula is C15H31NO. The van der Waals surface area contributed by atoms with E-state index in [1.807, 2.05) is 0 Å². The Morgan fingerprint density at radius 3 is 2.18 bits per heavy atom. The average Bonchev–Trinajstić information content (AvgIpc) is 2.79. The van der Waals surface area contributed by atoms with Gasteiger partial charge in [-0.1, -0.05) is 51.9 Å². The summed E-state index contributed by atoms with van der Waals surface area (Å²) in [4.78, 5) is 2.27. The molecule has 0 radical (unpaired) electrons. The second-order valence-corrected chi connectivity index (χ2v) is 5.92. The second-order valence-electron chi connectivity index (χ2n) is 5.92. The number of aliphatic hydroxyl groups excluding tert-OH is 1. The normalized spacial score (nSPS) is 21.0. The molecule has 0 aromatic carbocycles. The Hall–Kier alpha value is -0.0800. The highest BCUT2D eigenvalue weighted by atomic mass is 16.3. The molecule has 1 rings (SSSR count). The van der Waals surface area contributed by atoms with Crippen molar-refractivity contribution in [3.63, 3.8) is 0 Å². The number of nitrogens with zero attached hydrogens (tertiary/aromatic N) is 1. The predicted octanol–water partition coefficient (Wildman–Crippen LogP) is 3.58. The zero-order valence-corrected chi connectivity index (χ0v) is 12.0. The molecule has 2 heteroatoms. The van der Waals surface area contributed by atoms with E-state index in [1.165, 1.54) is 57.8 Å². The van der Waals surface area contributed by atoms with Crippen molar-refractivity contribution in [2.75, 3.05) is 14.1 Å². The minimum Gasteiger partial charge on any atom is -0.391 e. The lowest BCUT2D eigenvalue weighted by atomic mass is 9.86. The molecule has 1 aliphatic carbocycles. The summed E-state index contributed by atoms with van der Waals surface area (Å²) >= 11 is 0. The SMILES string of the molecule is CCCCCCCC(O)C1(N(C)C)CCCC1. The first-order valence-corrected chi connectivity index (χ1v) is 7.49. The van der Waals surface area contributed by atoms with Crippen LogP contribution in [0, 0.1) is 0 Å². The minimum atomic E-state index is -0.123. The van der Waals surface area contributed by atoms with Crippen LogP contribution in [0.15, 0.2) is 0 Å². The molecule has 0 aliphatic heterocycles. The van der Waals surface area contributed by atoms with Gasteiger partial charge in [-0.3, -0.25) is 0 Å². The van der Waals surface area contributed by atoms with Crippen molar-refractivity contribution >= 4 is 0 Å². The molecule has 0 amide bonds. The summed E-state index contributed by atoms with van der Waals surface area (Å²) in [5, 5.41) is 10.5. The summed E-state index contributed by atoms with van der Waals surface area (Å²) in [6, 6.07) is 0. The van der Waals surface area contributed by atoms with Crippen LogP contribution in [0.4, 0.5) is 0 Å². The van der Waals surface area contributed by atoms with Gasteiger partial charge < -0.3 is 10.0 Å². The fourth-order valence-electron chi connectivity index (χ4n) is 3.28. The van der Waals surface area contributed by atoms with E-state index in [4.69, 9.17) is 0 Å². The molecule has 17 heavy (non-hydrogen) atoms. The Morgan fingerprint density at radius 2 is 1.65 bits per heavy atom. The Kier molecular flexibility index (Phi) is 6.50. The van der Waals surface area contributed by atoms with Crippen molar-refractivity contribution in [3.05, 3.63) is 0 Å². The zero-order valence-electron chi connectivity index (χ0n) is 12.0. The van der Waals surface area contributed by atoms with Gasteiger partial charge in [0.25, 0.3) is 0 Å². The first-order valence-electron chi connectivity index (χ1n) is 7.49. The summed E-state index contributed by atoms with van der Waals surface area (Å²) in [5.74, 6) is 0. The number of hydrogen-bond donors (Lipinski definition) is 1. The largest absolute Gasteiger partial charge is 0.391 e. The molecule has 0 spiro atoms. The Morgan fingerprint density at radius 1 is 1.06 bits per heavy atom. The average molecular weight is 241 g/mol. The molecular weight excluding hydrogens is 210 g/mol. The summed E-state index contributed by atoms with van der Waals surface area (Å²) in [6.45, 7) is 2.24. The number of rotatable bonds is 8. The molecule has 1 N–H and O–H groups in total. The molecule has 0 aromatic heterocycles. The van der Waals surface area contributed by atoms with Crippen molar-refractivity contribution < 1.29 is 5.11 Å². The molecule has 0 bridgehead atoms. The topological polar surface area (TPSA) is 23.5 Å². The third kappa shape index (κ3) is 3.96. The molecule has 1 atom stereocenters. The van der Waals surface area contributed by atoms with E-state index < -0.39 is 0 Å². The highest BCUT2D eigenvalue weighted by molar-refractivity contribution is 4.98. The molecule has 2 nitrogen and oxygen atoms in total. The van der Waals surface area contributed by atoms with Gasteiger partial charge in [-0.25, -0.2) is 0 Å². The van der Waals surface area contributed by atoms with Gasteiger partial charge in [-0.05, 0) is 33.4 Å². The van der Waals surface area contributed by atoms with E-state index in [1.54, 1.807) is 0 Å². The van der Waals surface area contributed by atoms with Crippen molar-refractivity contribution in [2.24, 2.45) is 0 Å². The zero-order chi connectivity index (χ0) is 12.7. The van der Waals surface area contributed by atoms with Gasteiger partial charge in [-0.2, -0.15) is 0 Å². The second kappa shape index (κ2) is 7.38. The van der Waals surface area contributed by atoms with Crippen LogP contribution in [0.2, 0.25) is 0 Å². The Balaban J connectivity index is 2.31. The molecule has 0 saturated heterocycles. The first-order chi connectivity index (χ1) is 8.13. The van der Waals surface area contributed by atoms with Crippen LogP contribution in [0.3, 0.4) is 0 Å². The smallest absolute Gasteiger partial charge is 0.0723 e. The molecule has 1 fully saturated rings. The molecule has 0 heterocycles. The summed E-state index contributed by atoms with van der Waals surface area (Å²) < 4.78 is 0. The number of likely N-dealkylation sites (N-methyl/N-ethyl adjacent to an activating group) is 1. The molecule has 1 aliphatic rings. The van der Waals surface area contributed by atoms with Gasteiger partial charge in [0.2, 0.25) is 0 Å². The number of aliphatic hydroxyl groups is 1. The molecule has 1 unspecified atom stereocenters. The van der Waals surface area contributed by atoms with Crippen molar-refractivity contribution in [2.45, 2.75) is 82.8 Å². The van der Waals surface area contributed by atoms with Crippen LogP contribution in [0.25, 0.3) is 0 Å². The third-order valence-corrected chi connectivity index (χ3v) is 4.56. The van der Waals surface area contributed by atoms with Crippen molar-refractivity contribution in [3.8, 4) is 0 Å². The lowest BCUT2D eigenvalue weighted by Crippen LogP contribution is -2.51. The lowest BCUT2D eigenvalue weighted by molar-refractivity contribution is -0.00913. The fraction of sp³-hybridized carbons (Fsp3) is 1.00. The Bertz CT molecular complexity index is 197. The highest BCUT2D eigenvalue weighted by Gasteiger charge is 2.41. The quantitative estimate of drug-likeness (QED) is 0.657. The summed E-state index contributed by atoms with van der Waals surface area (Å²) in [6.07, 6.45) is 12.2. The van der Waals surface area contributed by atoms with Crippen molar-refractivity contribution in [1.29, 1.82) is 0 Å². The van der Waals surface area contributed by atoms with Crippen LogP contribution >= 0.6 is 0 Å². The van der Waals surface area contributed by atoms with E-state index in [0.29, 0.717) is 0 Å². The maximum atomic E-state index is 10.5. The predicted molar refractivity (Wildman–Crippen MR) is 74.3 cm³/mol. The van der Waals surface area contributed by atoms with Gasteiger partial charge in [0.15, 0.2) is 0 Å². The maximum Gasteiger partial charge on any atom is 0.0723 e. The third-order valence-electron chi connectivity index (χ3n) is 4.56. The van der Waals surface area contributed by atoms with Crippen molar-refractivity contribution in [1.82, 2.24) is 4.90 Å². The maximum absolute atomic E-state index is 10.5. The lowest BCUT2D eigenvalue weighted by Gasteiger charge is -2.40. The van der Waals surface area contributed by atoms with Gasteiger partial charge in [0.1, 0.15) is 0 Å². The standard InChI is InChI=1S/C15H31NO/c1-4-5-6-7-8-11-14(17)15(16(2)3)12-9-10-13-15/h14,17H,4-13H2,1-3H3. The first kappa shape index (κ1) is 15.0. The van der Waals surface area contributed by atoms with Gasteiger partial charge in [-0.15, -0.1) is 0 Å². The monoisotopic (exact) mass is 241 g/mol. The molecule has 1 saturated carbocycles. The van der Waals surface area contributed by atoms with E-state index in [0.717, 1.165) is 6.42 Å². The van der Waals surface area contributed by atoms with E-state index >= 15 is 0 Å². The number of unbranched alkanes of at least 4 members (excludes halogenated alkanes) is 4. The van der Waals surface area contributed by atoms with Crippen LogP contribution in [-0.4, -0.2) is 35.7 Å². The Labute approximate surface area is 107 Å². The van der Waals surface area contributed by atoms with E-state index in [9.17, 15) is 5.11 Å². The summed E-state index contributed by atoms with van der Waals surface area (Å²) in [7, 11) is 4.26. The van der Waals surface area contributed by atoms with Crippen LogP contribution in [0.5, 0.6) is 0 Å². The van der Waals surface area contributed by atoms with E-state index in [-0.39, 0.29) is 11.6 Å². The highest BCUT2D eigenvalue weighted by Crippen LogP contribution is 2.38. The van der Waals surface area contributed by atoms with Crippen LogP contribution in [0.1, 0.15) is 71.1 Å². The van der Waals surface area contributed by atoms with Crippen LogP contribution < -0.4 is 0 Å². The van der Waals surface area contributed by atoms with Crippen LogP contribution in [-0.2, 0) is 0 Å². The van der Waals surface area contributed by atoms with Gasteiger partial charge >= 0.3 is 0 Å². The number of hydrogen-bond acceptors (Lipinski definition) is 2. The molecule has 0 aromatic rings. The fourth-order valence-corrected chi connectivity index (χ4v) is 3.28. The van der Waals surface area contributed by atoms with Gasteiger partial charge in [0, 0.05) is 5.54 Å². The van der Waals surface area contributed by atoms with Gasteiger partial charge in [0.05, 0.1) is 6.10 Å². The summed E-state index contributed by atoms with van der Waals surface area (Å²) in [5.41, 5.74) is 0.0881. The minimum absolute atomic E-state index is 0.0881. The molecule has 102 valence electrons. The van der Waals surface area contributed by atoms with E-state index in [2.05, 4.69) is 25.9 Å².